The maximum atomic E-state index is 12.1. The Balaban J connectivity index is 1.89. The molecule has 2 rings (SSSR count). The van der Waals surface area contributed by atoms with Crippen molar-refractivity contribution in [2.24, 2.45) is 0 Å². The van der Waals surface area contributed by atoms with E-state index in [1.165, 1.54) is 12.1 Å². The van der Waals surface area contributed by atoms with Crippen LogP contribution in [0, 0.1) is 6.92 Å². The Bertz CT molecular complexity index is 650. The maximum Gasteiger partial charge on any atom is 0.335 e. The first-order valence-electron chi connectivity index (χ1n) is 6.47. The molecule has 2 aromatic carbocycles. The molecule has 0 aliphatic rings. The lowest BCUT2D eigenvalue weighted by molar-refractivity contribution is 0.0696. The summed E-state index contributed by atoms with van der Waals surface area (Å²) >= 11 is 0. The zero-order chi connectivity index (χ0) is 15.2. The molecule has 0 radical (unpaired) electrons. The highest BCUT2D eigenvalue weighted by atomic mass is 32.2. The van der Waals surface area contributed by atoms with Gasteiger partial charge < -0.3 is 9.84 Å². The maximum absolute atomic E-state index is 12.1. The van der Waals surface area contributed by atoms with Gasteiger partial charge in [0.05, 0.1) is 22.1 Å². The van der Waals surface area contributed by atoms with E-state index in [9.17, 15) is 9.00 Å². The van der Waals surface area contributed by atoms with Crippen molar-refractivity contribution in [3.05, 3.63) is 59.7 Å². The van der Waals surface area contributed by atoms with E-state index in [0.29, 0.717) is 11.5 Å². The van der Waals surface area contributed by atoms with Crippen molar-refractivity contribution in [1.29, 1.82) is 0 Å². The van der Waals surface area contributed by atoms with E-state index >= 15 is 0 Å². The third kappa shape index (κ3) is 4.43. The predicted molar refractivity (Wildman–Crippen MR) is 81.4 cm³/mol. The smallest absolute Gasteiger partial charge is 0.335 e. The Morgan fingerprint density at radius 3 is 2.57 bits per heavy atom. The Hall–Kier alpha value is -2.14. The highest BCUT2D eigenvalue weighted by Crippen LogP contribution is 2.14. The number of rotatable bonds is 6. The van der Waals surface area contributed by atoms with Crippen LogP contribution in [-0.2, 0) is 10.8 Å². The largest absolute Gasteiger partial charge is 0.493 e. The zero-order valence-corrected chi connectivity index (χ0v) is 12.4. The molecule has 0 aliphatic heterocycles. The van der Waals surface area contributed by atoms with Gasteiger partial charge in [0.25, 0.3) is 0 Å². The first-order valence-corrected chi connectivity index (χ1v) is 7.79. The van der Waals surface area contributed by atoms with Gasteiger partial charge in [-0.05, 0) is 37.3 Å². The van der Waals surface area contributed by atoms with E-state index in [1.54, 1.807) is 12.1 Å². The van der Waals surface area contributed by atoms with E-state index in [2.05, 4.69) is 0 Å². The average molecular weight is 304 g/mol. The van der Waals surface area contributed by atoms with Crippen LogP contribution in [0.15, 0.2) is 53.4 Å². The second-order valence-electron chi connectivity index (χ2n) is 4.54. The molecule has 110 valence electrons. The number of aromatic carboxylic acids is 1. The fraction of sp³-hybridized carbons (Fsp3) is 0.188. The van der Waals surface area contributed by atoms with Crippen LogP contribution >= 0.6 is 0 Å². The molecule has 2 aromatic rings. The summed E-state index contributed by atoms with van der Waals surface area (Å²) in [5, 5.41) is 8.89. The molecule has 4 nitrogen and oxygen atoms in total. The molecule has 5 heteroatoms. The predicted octanol–water partition coefficient (Wildman–Crippen LogP) is 2.88. The molecular weight excluding hydrogens is 288 g/mol. The second-order valence-corrected chi connectivity index (χ2v) is 6.11. The Kier molecular flexibility index (Phi) is 5.11. The van der Waals surface area contributed by atoms with Crippen LogP contribution in [0.1, 0.15) is 15.9 Å². The van der Waals surface area contributed by atoms with Gasteiger partial charge in [0, 0.05) is 4.90 Å². The van der Waals surface area contributed by atoms with Gasteiger partial charge in [0.15, 0.2) is 0 Å². The lowest BCUT2D eigenvalue weighted by Crippen LogP contribution is -2.09. The second kappa shape index (κ2) is 7.04. The SMILES string of the molecule is Cc1ccc(S(=O)CCOc2cccc(C(=O)O)c2)cc1. The number of carbonyl (C=O) groups is 1. The van der Waals surface area contributed by atoms with Crippen molar-refractivity contribution in [1.82, 2.24) is 0 Å². The van der Waals surface area contributed by atoms with Gasteiger partial charge in [0.1, 0.15) is 12.4 Å². The lowest BCUT2D eigenvalue weighted by atomic mass is 10.2. The minimum atomic E-state index is -1.12. The third-order valence-electron chi connectivity index (χ3n) is 2.90. The monoisotopic (exact) mass is 304 g/mol. The first kappa shape index (κ1) is 15.3. The summed E-state index contributed by atoms with van der Waals surface area (Å²) < 4.78 is 17.5. The normalized spacial score (nSPS) is 11.9. The van der Waals surface area contributed by atoms with Crippen LogP contribution in [-0.4, -0.2) is 27.6 Å². The number of benzene rings is 2. The Morgan fingerprint density at radius 1 is 1.19 bits per heavy atom. The van der Waals surface area contributed by atoms with Crippen LogP contribution in [0.25, 0.3) is 0 Å². The fourth-order valence-electron chi connectivity index (χ4n) is 1.76. The molecule has 0 heterocycles. The number of carboxylic acid groups (broad SMARTS) is 1. The molecule has 1 unspecified atom stereocenters. The highest BCUT2D eigenvalue weighted by molar-refractivity contribution is 7.85. The van der Waals surface area contributed by atoms with Gasteiger partial charge in [-0.1, -0.05) is 23.8 Å². The molecule has 1 N–H and O–H groups in total. The van der Waals surface area contributed by atoms with Gasteiger partial charge in [0.2, 0.25) is 0 Å². The van der Waals surface area contributed by atoms with E-state index in [1.807, 2.05) is 31.2 Å². The summed E-state index contributed by atoms with van der Waals surface area (Å²) in [6, 6.07) is 13.8. The number of hydrogen-bond acceptors (Lipinski definition) is 3. The summed E-state index contributed by atoms with van der Waals surface area (Å²) in [6.45, 7) is 2.24. The molecule has 0 amide bonds. The summed E-state index contributed by atoms with van der Waals surface area (Å²) in [7, 11) is -1.12. The molecule has 0 aromatic heterocycles. The van der Waals surface area contributed by atoms with Crippen LogP contribution < -0.4 is 4.74 Å². The molecular formula is C16H16O4S. The van der Waals surface area contributed by atoms with E-state index in [0.717, 1.165) is 10.5 Å². The molecule has 21 heavy (non-hydrogen) atoms. The quantitative estimate of drug-likeness (QED) is 0.891. The van der Waals surface area contributed by atoms with E-state index in [4.69, 9.17) is 9.84 Å². The third-order valence-corrected chi connectivity index (χ3v) is 4.24. The van der Waals surface area contributed by atoms with Crippen molar-refractivity contribution in [2.45, 2.75) is 11.8 Å². The molecule has 0 saturated carbocycles. The summed E-state index contributed by atoms with van der Waals surface area (Å²) in [4.78, 5) is 11.6. The Labute approximate surface area is 125 Å². The van der Waals surface area contributed by atoms with Crippen molar-refractivity contribution >= 4 is 16.8 Å². The summed E-state index contributed by atoms with van der Waals surface area (Å²) in [5.41, 5.74) is 1.30. The van der Waals surface area contributed by atoms with Crippen LogP contribution in [0.4, 0.5) is 0 Å². The number of ether oxygens (including phenoxy) is 1. The van der Waals surface area contributed by atoms with Crippen LogP contribution in [0.5, 0.6) is 5.75 Å². The minimum Gasteiger partial charge on any atom is -0.493 e. The summed E-state index contributed by atoms with van der Waals surface area (Å²) in [6.07, 6.45) is 0. The Morgan fingerprint density at radius 2 is 1.90 bits per heavy atom. The zero-order valence-electron chi connectivity index (χ0n) is 11.6. The molecule has 0 saturated heterocycles. The number of aryl methyl sites for hydroxylation is 1. The lowest BCUT2D eigenvalue weighted by Gasteiger charge is -2.07. The van der Waals surface area contributed by atoms with Gasteiger partial charge in [-0.15, -0.1) is 0 Å². The van der Waals surface area contributed by atoms with Crippen LogP contribution in [0.3, 0.4) is 0 Å². The van der Waals surface area contributed by atoms with Crippen molar-refractivity contribution < 1.29 is 18.8 Å². The van der Waals surface area contributed by atoms with Crippen molar-refractivity contribution in [3.8, 4) is 5.75 Å². The number of carboxylic acids is 1. The van der Waals surface area contributed by atoms with Crippen LogP contribution in [0.2, 0.25) is 0 Å². The standard InChI is InChI=1S/C16H16O4S/c1-12-5-7-15(8-6-12)21(19)10-9-20-14-4-2-3-13(11-14)16(17)18/h2-8,11H,9-10H2,1H3,(H,17,18). The molecule has 0 spiro atoms. The molecule has 1 atom stereocenters. The van der Waals surface area contributed by atoms with Gasteiger partial charge in [-0.2, -0.15) is 0 Å². The number of hydrogen-bond donors (Lipinski definition) is 1. The molecule has 0 fully saturated rings. The average Bonchev–Trinajstić information content (AvgIpc) is 2.48. The topological polar surface area (TPSA) is 63.6 Å². The summed E-state index contributed by atoms with van der Waals surface area (Å²) in [5.74, 6) is -0.167. The van der Waals surface area contributed by atoms with Gasteiger partial charge >= 0.3 is 5.97 Å². The fourth-order valence-corrected chi connectivity index (χ4v) is 2.67. The first-order chi connectivity index (χ1) is 10.1. The van der Waals surface area contributed by atoms with Crippen molar-refractivity contribution in [2.75, 3.05) is 12.4 Å². The van der Waals surface area contributed by atoms with E-state index in [-0.39, 0.29) is 12.2 Å². The van der Waals surface area contributed by atoms with Crippen molar-refractivity contribution in [3.63, 3.8) is 0 Å². The minimum absolute atomic E-state index is 0.173. The highest BCUT2D eigenvalue weighted by Gasteiger charge is 2.06. The van der Waals surface area contributed by atoms with E-state index < -0.39 is 16.8 Å². The molecule has 0 aliphatic carbocycles. The van der Waals surface area contributed by atoms with Gasteiger partial charge in [-0.25, -0.2) is 4.79 Å². The van der Waals surface area contributed by atoms with Gasteiger partial charge in [-0.3, -0.25) is 4.21 Å². The molecule has 0 bridgehead atoms.